The van der Waals surface area contributed by atoms with Crippen LogP contribution in [-0.4, -0.2) is 33.3 Å². The smallest absolute Gasteiger partial charge is 0.384 e. The summed E-state index contributed by atoms with van der Waals surface area (Å²) in [4.78, 5) is 11.0. The number of nitrogens with zero attached hydrogens (tertiary/aromatic N) is 4. The number of esters is 1. The van der Waals surface area contributed by atoms with E-state index in [2.05, 4.69) is 32.1 Å². The second kappa shape index (κ2) is 5.29. The van der Waals surface area contributed by atoms with Crippen molar-refractivity contribution in [3.63, 3.8) is 0 Å². The fourth-order valence-corrected chi connectivity index (χ4v) is 1.54. The second-order valence-electron chi connectivity index (χ2n) is 3.13. The van der Waals surface area contributed by atoms with Crippen LogP contribution in [0.1, 0.15) is 5.56 Å². The highest BCUT2D eigenvalue weighted by Gasteiger charge is 2.09. The molecule has 0 aliphatic heterocycles. The largest absolute Gasteiger partial charge is 0.459 e. The van der Waals surface area contributed by atoms with E-state index in [1.54, 1.807) is 18.2 Å². The third-order valence-corrected chi connectivity index (χ3v) is 2.35. The summed E-state index contributed by atoms with van der Waals surface area (Å²) in [5, 5.41) is 11.2. The van der Waals surface area contributed by atoms with Gasteiger partial charge in [-0.05, 0) is 22.6 Å². The summed E-state index contributed by atoms with van der Waals surface area (Å²) in [7, 11) is 1.26. The van der Waals surface area contributed by atoms with Gasteiger partial charge in [-0.1, -0.05) is 23.6 Å². The summed E-state index contributed by atoms with van der Waals surface area (Å²) < 4.78 is 5.82. The lowest BCUT2D eigenvalue weighted by Crippen LogP contribution is -2.00. The first-order valence-electron chi connectivity index (χ1n) is 4.84. The van der Waals surface area contributed by atoms with E-state index in [1.807, 2.05) is 0 Å². The Labute approximate surface area is 108 Å². The molecular weight excluding hydrogens is 256 g/mol. The van der Waals surface area contributed by atoms with Crippen LogP contribution in [-0.2, 0) is 9.53 Å². The maximum Gasteiger partial charge on any atom is 0.384 e. The molecule has 0 aliphatic rings. The summed E-state index contributed by atoms with van der Waals surface area (Å²) in [6, 6.07) is 5.11. The van der Waals surface area contributed by atoms with Crippen molar-refractivity contribution >= 4 is 17.6 Å². The fourth-order valence-electron chi connectivity index (χ4n) is 1.28. The first kappa shape index (κ1) is 12.1. The number of hydrogen-bond donors (Lipinski definition) is 0. The summed E-state index contributed by atoms with van der Waals surface area (Å²) in [5.41, 5.74) is 1.04. The third-order valence-electron chi connectivity index (χ3n) is 2.05. The van der Waals surface area contributed by atoms with Crippen molar-refractivity contribution < 1.29 is 9.53 Å². The molecule has 0 amide bonds. The molecule has 0 radical (unpaired) electrons. The number of rotatable bonds is 1. The highest BCUT2D eigenvalue weighted by atomic mass is 35.5. The maximum absolute atomic E-state index is 11.0. The van der Waals surface area contributed by atoms with E-state index in [9.17, 15) is 4.79 Å². The summed E-state index contributed by atoms with van der Waals surface area (Å²) in [6.07, 6.45) is 1.39. The van der Waals surface area contributed by atoms with Gasteiger partial charge in [-0.15, -0.1) is 5.10 Å². The predicted octanol–water partition coefficient (Wildman–Crippen LogP) is 0.840. The Morgan fingerprint density at radius 1 is 1.50 bits per heavy atom. The number of carbonyl (C=O) groups is 1. The molecule has 0 unspecified atom stereocenters. The Balaban J connectivity index is 2.51. The molecule has 0 fully saturated rings. The molecule has 1 heterocycles. The molecule has 0 atom stereocenters. The zero-order valence-corrected chi connectivity index (χ0v) is 10.0. The molecule has 1 aromatic heterocycles. The van der Waals surface area contributed by atoms with Gasteiger partial charge in [0.25, 0.3) is 0 Å². The number of carbonyl (C=O) groups excluding carboxylic acids is 1. The van der Waals surface area contributed by atoms with Crippen molar-refractivity contribution in [3.8, 4) is 17.5 Å². The van der Waals surface area contributed by atoms with Crippen molar-refractivity contribution in [3.05, 3.63) is 35.1 Å². The summed E-state index contributed by atoms with van der Waals surface area (Å²) >= 11 is 6.07. The van der Waals surface area contributed by atoms with Gasteiger partial charge in [-0.3, -0.25) is 0 Å². The zero-order chi connectivity index (χ0) is 13.0. The standard InChI is InChI=1S/C11H7ClN4O2/c1-18-10(17)6-5-8-3-2-4-9(12)11(8)16-7-13-14-15-16/h2-4,7H,1H3. The Kier molecular flexibility index (Phi) is 3.55. The summed E-state index contributed by atoms with van der Waals surface area (Å²) in [5.74, 6) is 4.37. The minimum atomic E-state index is -0.627. The first-order chi connectivity index (χ1) is 8.72. The van der Waals surface area contributed by atoms with E-state index in [1.165, 1.54) is 18.1 Å². The van der Waals surface area contributed by atoms with Crippen LogP contribution < -0.4 is 0 Å². The van der Waals surface area contributed by atoms with Crippen LogP contribution in [0, 0.1) is 11.8 Å². The number of para-hydroxylation sites is 1. The molecule has 7 heteroatoms. The predicted molar refractivity (Wildman–Crippen MR) is 63.1 cm³/mol. The van der Waals surface area contributed by atoms with Crippen molar-refractivity contribution in [2.24, 2.45) is 0 Å². The highest BCUT2D eigenvalue weighted by Crippen LogP contribution is 2.22. The van der Waals surface area contributed by atoms with E-state index in [0.29, 0.717) is 16.3 Å². The molecule has 2 aromatic rings. The monoisotopic (exact) mass is 262 g/mol. The van der Waals surface area contributed by atoms with Crippen LogP contribution in [0.3, 0.4) is 0 Å². The lowest BCUT2D eigenvalue weighted by molar-refractivity contribution is -0.133. The van der Waals surface area contributed by atoms with Crippen molar-refractivity contribution in [1.82, 2.24) is 20.2 Å². The molecule has 0 N–H and O–H groups in total. The van der Waals surface area contributed by atoms with Crippen LogP contribution in [0.15, 0.2) is 24.5 Å². The number of aromatic nitrogens is 4. The van der Waals surface area contributed by atoms with Crippen LogP contribution >= 0.6 is 11.6 Å². The molecule has 0 saturated heterocycles. The van der Waals surface area contributed by atoms with E-state index >= 15 is 0 Å². The summed E-state index contributed by atoms with van der Waals surface area (Å²) in [6.45, 7) is 0. The molecule has 0 bridgehead atoms. The van der Waals surface area contributed by atoms with E-state index in [0.717, 1.165) is 0 Å². The van der Waals surface area contributed by atoms with Gasteiger partial charge >= 0.3 is 5.97 Å². The van der Waals surface area contributed by atoms with Gasteiger partial charge in [-0.2, -0.15) is 4.68 Å². The van der Waals surface area contributed by atoms with Crippen LogP contribution in [0.2, 0.25) is 5.02 Å². The first-order valence-corrected chi connectivity index (χ1v) is 5.22. The van der Waals surface area contributed by atoms with E-state index in [-0.39, 0.29) is 0 Å². The van der Waals surface area contributed by atoms with E-state index < -0.39 is 5.97 Å². The van der Waals surface area contributed by atoms with Gasteiger partial charge in [0.05, 0.1) is 17.7 Å². The lowest BCUT2D eigenvalue weighted by Gasteiger charge is -2.04. The molecule has 6 nitrogen and oxygen atoms in total. The highest BCUT2D eigenvalue weighted by molar-refractivity contribution is 6.32. The van der Waals surface area contributed by atoms with Crippen LogP contribution in [0.25, 0.3) is 5.69 Å². The Bertz CT molecular complexity index is 628. The Hall–Kier alpha value is -2.39. The second-order valence-corrected chi connectivity index (χ2v) is 3.54. The van der Waals surface area contributed by atoms with E-state index in [4.69, 9.17) is 11.6 Å². The van der Waals surface area contributed by atoms with Gasteiger partial charge in [-0.25, -0.2) is 4.79 Å². The number of ether oxygens (including phenoxy) is 1. The van der Waals surface area contributed by atoms with Gasteiger partial charge in [0.15, 0.2) is 0 Å². The number of methoxy groups -OCH3 is 1. The van der Waals surface area contributed by atoms with Crippen LogP contribution in [0.4, 0.5) is 0 Å². The average Bonchev–Trinajstić information content (AvgIpc) is 2.89. The number of benzene rings is 1. The van der Waals surface area contributed by atoms with Crippen molar-refractivity contribution in [1.29, 1.82) is 0 Å². The van der Waals surface area contributed by atoms with Crippen LogP contribution in [0.5, 0.6) is 0 Å². The normalized spacial score (nSPS) is 9.44. The average molecular weight is 263 g/mol. The molecule has 2 rings (SSSR count). The molecule has 1 aromatic carbocycles. The molecular formula is C11H7ClN4O2. The van der Waals surface area contributed by atoms with Gasteiger partial charge in [0.2, 0.25) is 0 Å². The maximum atomic E-state index is 11.0. The fraction of sp³-hybridized carbons (Fsp3) is 0.0909. The molecule has 90 valence electrons. The SMILES string of the molecule is COC(=O)C#Cc1cccc(Cl)c1-n1cnnn1. The molecule has 0 spiro atoms. The van der Waals surface area contributed by atoms with Crippen molar-refractivity contribution in [2.45, 2.75) is 0 Å². The minimum Gasteiger partial charge on any atom is -0.459 e. The lowest BCUT2D eigenvalue weighted by atomic mass is 10.2. The Morgan fingerprint density at radius 3 is 3.00 bits per heavy atom. The molecule has 0 saturated carbocycles. The number of tetrazole rings is 1. The number of halogens is 1. The van der Waals surface area contributed by atoms with Gasteiger partial charge in [0.1, 0.15) is 12.0 Å². The topological polar surface area (TPSA) is 69.9 Å². The van der Waals surface area contributed by atoms with Crippen molar-refractivity contribution in [2.75, 3.05) is 7.11 Å². The van der Waals surface area contributed by atoms with Gasteiger partial charge in [0, 0.05) is 5.92 Å². The third kappa shape index (κ3) is 2.47. The quantitative estimate of drug-likeness (QED) is 0.563. The zero-order valence-electron chi connectivity index (χ0n) is 9.29. The minimum absolute atomic E-state index is 0.430. The molecule has 0 aliphatic carbocycles. The van der Waals surface area contributed by atoms with Gasteiger partial charge < -0.3 is 4.74 Å². The Morgan fingerprint density at radius 2 is 2.33 bits per heavy atom. The number of hydrogen-bond acceptors (Lipinski definition) is 5. The molecule has 18 heavy (non-hydrogen) atoms.